The van der Waals surface area contributed by atoms with Gasteiger partial charge in [0.2, 0.25) is 10.0 Å². The van der Waals surface area contributed by atoms with E-state index in [0.717, 1.165) is 18.2 Å². The molecular formula is C12H13N3O5S. The van der Waals surface area contributed by atoms with Gasteiger partial charge in [0.15, 0.2) is 0 Å². The average molecular weight is 311 g/mol. The number of furan rings is 1. The van der Waals surface area contributed by atoms with Gasteiger partial charge in [0, 0.05) is 25.1 Å². The Hall–Kier alpha value is -2.39. The monoisotopic (exact) mass is 311 g/mol. The molecule has 0 atom stereocenters. The molecule has 1 heterocycles. The Morgan fingerprint density at radius 1 is 1.33 bits per heavy atom. The number of hydrogen-bond acceptors (Lipinski definition) is 6. The summed E-state index contributed by atoms with van der Waals surface area (Å²) in [6.07, 6.45) is 1.89. The van der Waals surface area contributed by atoms with Crippen LogP contribution in [-0.2, 0) is 16.4 Å². The highest BCUT2D eigenvalue weighted by atomic mass is 32.2. The van der Waals surface area contributed by atoms with Crippen molar-refractivity contribution >= 4 is 21.4 Å². The molecule has 2 aromatic rings. The molecule has 2 rings (SSSR count). The Bertz CT molecular complexity index is 740. The third-order valence-electron chi connectivity index (χ3n) is 2.74. The summed E-state index contributed by atoms with van der Waals surface area (Å²) >= 11 is 0. The van der Waals surface area contributed by atoms with E-state index in [0.29, 0.717) is 12.2 Å². The van der Waals surface area contributed by atoms with Gasteiger partial charge in [-0.25, -0.2) is 13.1 Å². The fourth-order valence-corrected chi connectivity index (χ4v) is 2.88. The number of rotatable bonds is 6. The first kappa shape index (κ1) is 15.0. The lowest BCUT2D eigenvalue weighted by Gasteiger charge is -2.08. The number of benzene rings is 1. The van der Waals surface area contributed by atoms with Crippen LogP contribution in [0.5, 0.6) is 0 Å². The van der Waals surface area contributed by atoms with E-state index >= 15 is 0 Å². The molecule has 1 aromatic carbocycles. The number of anilines is 1. The molecule has 0 radical (unpaired) electrons. The minimum Gasteiger partial charge on any atom is -0.469 e. The van der Waals surface area contributed by atoms with E-state index < -0.39 is 14.9 Å². The second kappa shape index (κ2) is 5.94. The second-order valence-electron chi connectivity index (χ2n) is 4.21. The van der Waals surface area contributed by atoms with Gasteiger partial charge in [-0.3, -0.25) is 10.1 Å². The minimum absolute atomic E-state index is 0.131. The molecule has 0 saturated carbocycles. The van der Waals surface area contributed by atoms with E-state index in [1.165, 1.54) is 6.26 Å². The van der Waals surface area contributed by atoms with E-state index in [1.54, 1.807) is 12.1 Å². The number of nitrogen functional groups attached to an aromatic ring is 1. The van der Waals surface area contributed by atoms with Crippen molar-refractivity contribution in [3.05, 3.63) is 52.5 Å². The quantitative estimate of drug-likeness (QED) is 0.470. The fraction of sp³-hybridized carbons (Fsp3) is 0.167. The summed E-state index contributed by atoms with van der Waals surface area (Å²) in [5, 5.41) is 10.6. The maximum Gasteiger partial charge on any atom is 0.271 e. The number of sulfonamides is 1. The molecule has 0 spiro atoms. The Balaban J connectivity index is 2.10. The Labute approximate surface area is 120 Å². The molecule has 21 heavy (non-hydrogen) atoms. The summed E-state index contributed by atoms with van der Waals surface area (Å²) in [4.78, 5) is 9.76. The lowest BCUT2D eigenvalue weighted by molar-refractivity contribution is -0.384. The predicted molar refractivity (Wildman–Crippen MR) is 75.1 cm³/mol. The van der Waals surface area contributed by atoms with Crippen molar-refractivity contribution in [3.8, 4) is 0 Å². The SMILES string of the molecule is Nc1cc([N+](=O)[O-])ccc1S(=O)(=O)NCCc1ccco1. The van der Waals surface area contributed by atoms with Crippen LogP contribution in [0.2, 0.25) is 0 Å². The van der Waals surface area contributed by atoms with Crippen LogP contribution in [0.15, 0.2) is 45.9 Å². The Morgan fingerprint density at radius 2 is 2.10 bits per heavy atom. The van der Waals surface area contributed by atoms with Gasteiger partial charge in [0.1, 0.15) is 10.7 Å². The number of nitrogens with zero attached hydrogens (tertiary/aromatic N) is 1. The molecule has 8 nitrogen and oxygen atoms in total. The number of nitro groups is 1. The molecule has 0 bridgehead atoms. The molecule has 0 fully saturated rings. The van der Waals surface area contributed by atoms with Crippen LogP contribution < -0.4 is 10.5 Å². The van der Waals surface area contributed by atoms with E-state index in [2.05, 4.69) is 4.72 Å². The predicted octanol–water partition coefficient (Wildman–Crippen LogP) is 1.29. The van der Waals surface area contributed by atoms with Gasteiger partial charge in [0.05, 0.1) is 16.9 Å². The second-order valence-corrected chi connectivity index (χ2v) is 5.94. The average Bonchev–Trinajstić information content (AvgIpc) is 2.91. The molecule has 0 unspecified atom stereocenters. The van der Waals surface area contributed by atoms with Crippen molar-refractivity contribution in [2.45, 2.75) is 11.3 Å². The molecule has 0 saturated heterocycles. The zero-order valence-corrected chi connectivity index (χ0v) is 11.7. The molecule has 0 aliphatic rings. The highest BCUT2D eigenvalue weighted by Gasteiger charge is 2.19. The largest absolute Gasteiger partial charge is 0.469 e. The number of non-ortho nitro benzene ring substituents is 1. The smallest absolute Gasteiger partial charge is 0.271 e. The van der Waals surface area contributed by atoms with E-state index in [1.807, 2.05) is 0 Å². The summed E-state index contributed by atoms with van der Waals surface area (Å²) in [5.74, 6) is 0.648. The van der Waals surface area contributed by atoms with Crippen LogP contribution in [0.3, 0.4) is 0 Å². The van der Waals surface area contributed by atoms with Crippen molar-refractivity contribution in [2.24, 2.45) is 0 Å². The minimum atomic E-state index is -3.83. The van der Waals surface area contributed by atoms with Crippen molar-refractivity contribution in [3.63, 3.8) is 0 Å². The summed E-state index contributed by atoms with van der Waals surface area (Å²) in [6.45, 7) is 0.131. The molecule has 3 N–H and O–H groups in total. The van der Waals surface area contributed by atoms with Gasteiger partial charge in [-0.1, -0.05) is 0 Å². The maximum absolute atomic E-state index is 12.1. The molecule has 0 aliphatic heterocycles. The molecule has 112 valence electrons. The number of nitrogens with two attached hydrogens (primary N) is 1. The summed E-state index contributed by atoms with van der Waals surface area (Å²) in [6, 6.07) is 6.66. The Kier molecular flexibility index (Phi) is 4.24. The van der Waals surface area contributed by atoms with Crippen LogP contribution in [0.25, 0.3) is 0 Å². The summed E-state index contributed by atoms with van der Waals surface area (Å²) in [5.41, 5.74) is 5.14. The van der Waals surface area contributed by atoms with Crippen molar-refractivity contribution in [2.75, 3.05) is 12.3 Å². The molecule has 0 amide bonds. The summed E-state index contributed by atoms with van der Waals surface area (Å²) < 4.78 is 31.6. The van der Waals surface area contributed by atoms with E-state index in [9.17, 15) is 18.5 Å². The highest BCUT2D eigenvalue weighted by Crippen LogP contribution is 2.23. The van der Waals surface area contributed by atoms with Crippen molar-refractivity contribution < 1.29 is 17.8 Å². The number of nitro benzene ring substituents is 1. The molecule has 0 aliphatic carbocycles. The standard InChI is InChI=1S/C12H13N3O5S/c13-11-8-9(15(16)17)3-4-12(11)21(18,19)14-6-5-10-2-1-7-20-10/h1-4,7-8,14H,5-6,13H2. The molecular weight excluding hydrogens is 298 g/mol. The maximum atomic E-state index is 12.1. The van der Waals surface area contributed by atoms with Gasteiger partial charge in [0.25, 0.3) is 5.69 Å². The normalized spacial score (nSPS) is 11.4. The van der Waals surface area contributed by atoms with Crippen molar-refractivity contribution in [1.29, 1.82) is 0 Å². The zero-order chi connectivity index (χ0) is 15.5. The first-order chi connectivity index (χ1) is 9.90. The lowest BCUT2D eigenvalue weighted by Crippen LogP contribution is -2.26. The van der Waals surface area contributed by atoms with Gasteiger partial charge < -0.3 is 10.2 Å². The molecule has 9 heteroatoms. The fourth-order valence-electron chi connectivity index (χ4n) is 1.74. The lowest BCUT2D eigenvalue weighted by atomic mass is 10.3. The van der Waals surface area contributed by atoms with Crippen LogP contribution in [0.1, 0.15) is 5.76 Å². The van der Waals surface area contributed by atoms with Gasteiger partial charge in [-0.15, -0.1) is 0 Å². The van der Waals surface area contributed by atoms with Gasteiger partial charge in [-0.2, -0.15) is 0 Å². The van der Waals surface area contributed by atoms with Gasteiger partial charge in [-0.05, 0) is 18.2 Å². The first-order valence-corrected chi connectivity index (χ1v) is 7.44. The Morgan fingerprint density at radius 3 is 2.67 bits per heavy atom. The van der Waals surface area contributed by atoms with Crippen LogP contribution in [-0.4, -0.2) is 19.9 Å². The molecule has 1 aromatic heterocycles. The first-order valence-electron chi connectivity index (χ1n) is 5.96. The zero-order valence-electron chi connectivity index (χ0n) is 10.9. The van der Waals surface area contributed by atoms with Crippen LogP contribution in [0.4, 0.5) is 11.4 Å². The van der Waals surface area contributed by atoms with Crippen molar-refractivity contribution in [1.82, 2.24) is 4.72 Å². The van der Waals surface area contributed by atoms with Gasteiger partial charge >= 0.3 is 0 Å². The summed E-state index contributed by atoms with van der Waals surface area (Å²) in [7, 11) is -3.83. The van der Waals surface area contributed by atoms with Crippen LogP contribution in [0, 0.1) is 10.1 Å². The topological polar surface area (TPSA) is 128 Å². The highest BCUT2D eigenvalue weighted by molar-refractivity contribution is 7.89. The third kappa shape index (κ3) is 3.58. The van der Waals surface area contributed by atoms with E-state index in [4.69, 9.17) is 10.2 Å². The van der Waals surface area contributed by atoms with Crippen LogP contribution >= 0.6 is 0 Å². The third-order valence-corrected chi connectivity index (χ3v) is 4.27. The number of nitrogens with one attached hydrogen (secondary N) is 1. The number of hydrogen-bond donors (Lipinski definition) is 2. The van der Waals surface area contributed by atoms with E-state index in [-0.39, 0.29) is 22.8 Å².